The SMILES string of the molecule is COc1cc2c(cc1OC)N1CCCCC1CN2. The van der Waals surface area contributed by atoms with Crippen LogP contribution in [0, 0.1) is 0 Å². The molecule has 1 unspecified atom stereocenters. The van der Waals surface area contributed by atoms with Gasteiger partial charge in [-0.15, -0.1) is 0 Å². The first-order valence-corrected chi connectivity index (χ1v) is 6.60. The third kappa shape index (κ3) is 1.76. The Morgan fingerprint density at radius 1 is 1.17 bits per heavy atom. The van der Waals surface area contributed by atoms with Crippen molar-refractivity contribution in [2.75, 3.05) is 37.5 Å². The lowest BCUT2D eigenvalue weighted by atomic mass is 9.98. The van der Waals surface area contributed by atoms with E-state index in [0.717, 1.165) is 30.3 Å². The molecule has 1 N–H and O–H groups in total. The van der Waals surface area contributed by atoms with Gasteiger partial charge in [-0.2, -0.15) is 0 Å². The van der Waals surface area contributed by atoms with Crippen molar-refractivity contribution in [3.63, 3.8) is 0 Å². The summed E-state index contributed by atoms with van der Waals surface area (Å²) in [5.41, 5.74) is 2.41. The molecule has 0 aliphatic carbocycles. The van der Waals surface area contributed by atoms with Gasteiger partial charge in [0.1, 0.15) is 0 Å². The summed E-state index contributed by atoms with van der Waals surface area (Å²) < 4.78 is 10.8. The highest BCUT2D eigenvalue weighted by Gasteiger charge is 2.29. The Hall–Kier alpha value is -1.58. The van der Waals surface area contributed by atoms with Crippen LogP contribution >= 0.6 is 0 Å². The minimum absolute atomic E-state index is 0.629. The van der Waals surface area contributed by atoms with Crippen LogP contribution in [-0.2, 0) is 0 Å². The van der Waals surface area contributed by atoms with Crippen LogP contribution in [0.15, 0.2) is 12.1 Å². The molecule has 1 aromatic rings. The Bertz CT molecular complexity index is 448. The molecule has 0 saturated carbocycles. The smallest absolute Gasteiger partial charge is 0.162 e. The number of hydrogen-bond donors (Lipinski definition) is 1. The monoisotopic (exact) mass is 248 g/mol. The minimum atomic E-state index is 0.629. The zero-order valence-electron chi connectivity index (χ0n) is 11.0. The fourth-order valence-electron chi connectivity index (χ4n) is 3.01. The van der Waals surface area contributed by atoms with E-state index in [2.05, 4.69) is 16.3 Å². The maximum absolute atomic E-state index is 5.40. The average molecular weight is 248 g/mol. The van der Waals surface area contributed by atoms with E-state index in [-0.39, 0.29) is 0 Å². The molecule has 0 radical (unpaired) electrons. The summed E-state index contributed by atoms with van der Waals surface area (Å²) in [7, 11) is 3.37. The zero-order valence-corrected chi connectivity index (χ0v) is 11.0. The highest BCUT2D eigenvalue weighted by Crippen LogP contribution is 2.42. The van der Waals surface area contributed by atoms with E-state index in [1.165, 1.54) is 24.9 Å². The molecule has 1 fully saturated rings. The first-order chi connectivity index (χ1) is 8.83. The van der Waals surface area contributed by atoms with Gasteiger partial charge in [0.25, 0.3) is 0 Å². The Balaban J connectivity index is 2.02. The van der Waals surface area contributed by atoms with Crippen molar-refractivity contribution in [1.29, 1.82) is 0 Å². The van der Waals surface area contributed by atoms with Gasteiger partial charge >= 0.3 is 0 Å². The summed E-state index contributed by atoms with van der Waals surface area (Å²) in [6.07, 6.45) is 3.90. The highest BCUT2D eigenvalue weighted by atomic mass is 16.5. The number of fused-ring (bicyclic) bond motifs is 3. The molecule has 1 atom stereocenters. The van der Waals surface area contributed by atoms with Gasteiger partial charge in [-0.05, 0) is 19.3 Å². The van der Waals surface area contributed by atoms with Crippen LogP contribution in [0.4, 0.5) is 11.4 Å². The largest absolute Gasteiger partial charge is 0.493 e. The average Bonchev–Trinajstić information content (AvgIpc) is 2.45. The molecule has 18 heavy (non-hydrogen) atoms. The Kier molecular flexibility index (Phi) is 2.94. The second-order valence-corrected chi connectivity index (χ2v) is 4.95. The molecule has 4 nitrogen and oxygen atoms in total. The zero-order chi connectivity index (χ0) is 12.5. The van der Waals surface area contributed by atoms with Crippen LogP contribution < -0.4 is 19.7 Å². The normalized spacial score (nSPS) is 21.7. The lowest BCUT2D eigenvalue weighted by Crippen LogP contribution is -2.46. The van der Waals surface area contributed by atoms with Crippen LogP contribution in [0.2, 0.25) is 0 Å². The van der Waals surface area contributed by atoms with Crippen LogP contribution in [0.3, 0.4) is 0 Å². The number of nitrogens with zero attached hydrogens (tertiary/aromatic N) is 1. The minimum Gasteiger partial charge on any atom is -0.493 e. The first-order valence-electron chi connectivity index (χ1n) is 6.60. The van der Waals surface area contributed by atoms with E-state index in [1.54, 1.807) is 14.2 Å². The predicted octanol–water partition coefficient (Wildman–Crippen LogP) is 2.49. The number of benzene rings is 1. The van der Waals surface area contributed by atoms with Crippen molar-refractivity contribution in [3.8, 4) is 11.5 Å². The first kappa shape index (κ1) is 11.5. The predicted molar refractivity (Wildman–Crippen MR) is 73.0 cm³/mol. The van der Waals surface area contributed by atoms with Gasteiger partial charge in [0.2, 0.25) is 0 Å². The maximum atomic E-state index is 5.40. The van der Waals surface area contributed by atoms with Crippen molar-refractivity contribution in [2.45, 2.75) is 25.3 Å². The molecule has 2 heterocycles. The van der Waals surface area contributed by atoms with Gasteiger partial charge < -0.3 is 19.7 Å². The van der Waals surface area contributed by atoms with Crippen molar-refractivity contribution in [2.24, 2.45) is 0 Å². The maximum Gasteiger partial charge on any atom is 0.162 e. The topological polar surface area (TPSA) is 33.7 Å². The van der Waals surface area contributed by atoms with Crippen molar-refractivity contribution < 1.29 is 9.47 Å². The third-order valence-corrected chi connectivity index (χ3v) is 3.97. The van der Waals surface area contributed by atoms with Gasteiger partial charge in [0.05, 0.1) is 25.6 Å². The summed E-state index contributed by atoms with van der Waals surface area (Å²) in [6, 6.07) is 4.77. The van der Waals surface area contributed by atoms with Gasteiger partial charge in [0, 0.05) is 31.3 Å². The van der Waals surface area contributed by atoms with Gasteiger partial charge in [0.15, 0.2) is 11.5 Å². The molecule has 1 saturated heterocycles. The van der Waals surface area contributed by atoms with E-state index >= 15 is 0 Å². The standard InChI is InChI=1S/C14H20N2O2/c1-17-13-7-11-12(8-14(13)18-2)16-6-4-3-5-10(16)9-15-11/h7-8,10,15H,3-6,9H2,1-2H3. The molecule has 0 bridgehead atoms. The molecule has 0 aromatic heterocycles. The molecular weight excluding hydrogens is 228 g/mol. The number of hydrogen-bond acceptors (Lipinski definition) is 4. The van der Waals surface area contributed by atoms with Crippen LogP contribution in [-0.4, -0.2) is 33.4 Å². The number of methoxy groups -OCH3 is 2. The molecule has 0 spiro atoms. The molecule has 98 valence electrons. The van der Waals surface area contributed by atoms with Gasteiger partial charge in [-0.25, -0.2) is 0 Å². The Labute approximate surface area is 108 Å². The summed E-state index contributed by atoms with van der Waals surface area (Å²) in [4.78, 5) is 2.51. The fourth-order valence-corrected chi connectivity index (χ4v) is 3.01. The summed E-state index contributed by atoms with van der Waals surface area (Å²) in [5.74, 6) is 1.60. The fraction of sp³-hybridized carbons (Fsp3) is 0.571. The second kappa shape index (κ2) is 4.59. The van der Waals surface area contributed by atoms with Crippen LogP contribution in [0.1, 0.15) is 19.3 Å². The summed E-state index contributed by atoms with van der Waals surface area (Å²) >= 11 is 0. The quantitative estimate of drug-likeness (QED) is 0.872. The molecule has 3 rings (SSSR count). The van der Waals surface area contributed by atoms with Crippen LogP contribution in [0.25, 0.3) is 0 Å². The number of nitrogens with one attached hydrogen (secondary N) is 1. The molecule has 1 aromatic carbocycles. The van der Waals surface area contributed by atoms with Gasteiger partial charge in [-0.1, -0.05) is 0 Å². The van der Waals surface area contributed by atoms with Crippen molar-refractivity contribution >= 4 is 11.4 Å². The summed E-state index contributed by atoms with van der Waals surface area (Å²) in [5, 5.41) is 3.51. The van der Waals surface area contributed by atoms with Crippen molar-refractivity contribution in [3.05, 3.63) is 12.1 Å². The lowest BCUT2D eigenvalue weighted by Gasteiger charge is -2.42. The summed E-state index contributed by atoms with van der Waals surface area (Å²) in [6.45, 7) is 2.18. The van der Waals surface area contributed by atoms with Gasteiger partial charge in [-0.3, -0.25) is 0 Å². The number of ether oxygens (including phenoxy) is 2. The van der Waals surface area contributed by atoms with E-state index in [1.807, 2.05) is 6.07 Å². The van der Waals surface area contributed by atoms with Crippen molar-refractivity contribution in [1.82, 2.24) is 0 Å². The number of rotatable bonds is 2. The third-order valence-electron chi connectivity index (χ3n) is 3.97. The number of piperidine rings is 1. The molecule has 2 aliphatic rings. The lowest BCUT2D eigenvalue weighted by molar-refractivity contribution is 0.354. The second-order valence-electron chi connectivity index (χ2n) is 4.95. The van der Waals surface area contributed by atoms with E-state index in [9.17, 15) is 0 Å². The van der Waals surface area contributed by atoms with E-state index in [4.69, 9.17) is 9.47 Å². The highest BCUT2D eigenvalue weighted by molar-refractivity contribution is 5.77. The van der Waals surface area contributed by atoms with E-state index in [0.29, 0.717) is 6.04 Å². The molecular formula is C14H20N2O2. The van der Waals surface area contributed by atoms with E-state index < -0.39 is 0 Å². The Morgan fingerprint density at radius 2 is 1.94 bits per heavy atom. The Morgan fingerprint density at radius 3 is 2.72 bits per heavy atom. The molecule has 0 amide bonds. The molecule has 2 aliphatic heterocycles. The van der Waals surface area contributed by atoms with Crippen LogP contribution in [0.5, 0.6) is 11.5 Å². The number of anilines is 2. The molecule has 4 heteroatoms.